The molecule has 0 aromatic rings. The number of rotatable bonds is 5. The van der Waals surface area contributed by atoms with Crippen LogP contribution < -0.4 is 0 Å². The summed E-state index contributed by atoms with van der Waals surface area (Å²) in [5, 5.41) is 8.75. The van der Waals surface area contributed by atoms with E-state index < -0.39 is 0 Å². The molecule has 0 aromatic heterocycles. The fourth-order valence-corrected chi connectivity index (χ4v) is 2.68. The van der Waals surface area contributed by atoms with Crippen molar-refractivity contribution in [2.75, 3.05) is 12.4 Å². The first kappa shape index (κ1) is 25.0. The Hall–Kier alpha value is 0.710. The average molecular weight is 432 g/mol. The summed E-state index contributed by atoms with van der Waals surface area (Å²) < 4.78 is -0.0795. The SMILES string of the molecule is CC(C)N(C(=O)SC/C(Cl)=C/Cl)C(C)C.OCC(Cl)=C(Cl)Cl. The predicted octanol–water partition coefficient (Wildman–Crippen LogP) is 6.14. The molecule has 22 heavy (non-hydrogen) atoms. The van der Waals surface area contributed by atoms with E-state index in [1.165, 1.54) is 17.3 Å². The second-order valence-corrected chi connectivity index (χ2v) is 7.56. The van der Waals surface area contributed by atoms with Gasteiger partial charge in [0.05, 0.1) is 11.6 Å². The molecule has 0 aliphatic rings. The molecule has 0 spiro atoms. The van der Waals surface area contributed by atoms with Crippen LogP contribution in [-0.4, -0.2) is 39.7 Å². The molecule has 0 heterocycles. The van der Waals surface area contributed by atoms with Gasteiger partial charge in [0.1, 0.15) is 4.49 Å². The van der Waals surface area contributed by atoms with Gasteiger partial charge in [-0.25, -0.2) is 0 Å². The minimum Gasteiger partial charge on any atom is -0.391 e. The third-order valence-corrected chi connectivity index (χ3v) is 4.77. The summed E-state index contributed by atoms with van der Waals surface area (Å²) >= 11 is 27.6. The minimum absolute atomic E-state index is 0.0386. The number of halogens is 5. The molecule has 0 aliphatic heterocycles. The van der Waals surface area contributed by atoms with Crippen molar-refractivity contribution in [2.45, 2.75) is 39.8 Å². The van der Waals surface area contributed by atoms with E-state index in [0.29, 0.717) is 10.8 Å². The van der Waals surface area contributed by atoms with E-state index >= 15 is 0 Å². The molecule has 1 amide bonds. The molecule has 0 bridgehead atoms. The van der Waals surface area contributed by atoms with E-state index in [2.05, 4.69) is 0 Å². The minimum atomic E-state index is -0.302. The lowest BCUT2D eigenvalue weighted by Gasteiger charge is -2.30. The standard InChI is InChI=1S/C10H17Cl2NOS.C3H3Cl3O/c1-7(2)13(8(3)4)10(14)15-6-9(12)5-11;4-2(1-7)3(5)6/h5,7-8H,6H2,1-4H3;7H,1H2/b9-5-;. The molecule has 1 N–H and O–H groups in total. The van der Waals surface area contributed by atoms with Gasteiger partial charge in [-0.15, -0.1) is 0 Å². The van der Waals surface area contributed by atoms with Crippen molar-refractivity contribution in [2.24, 2.45) is 0 Å². The highest BCUT2D eigenvalue weighted by molar-refractivity contribution is 8.13. The smallest absolute Gasteiger partial charge is 0.282 e. The normalized spacial score (nSPS) is 11.2. The van der Waals surface area contributed by atoms with Crippen LogP contribution in [0.25, 0.3) is 0 Å². The van der Waals surface area contributed by atoms with E-state index in [-0.39, 0.29) is 33.5 Å². The molecular formula is C13H20Cl5NO2S. The largest absolute Gasteiger partial charge is 0.391 e. The Labute approximate surface area is 161 Å². The fourth-order valence-electron chi connectivity index (χ4n) is 1.31. The third-order valence-electron chi connectivity index (χ3n) is 2.12. The van der Waals surface area contributed by atoms with Gasteiger partial charge >= 0.3 is 0 Å². The lowest BCUT2D eigenvalue weighted by molar-refractivity contribution is 0.190. The average Bonchev–Trinajstić information content (AvgIpc) is 2.43. The van der Waals surface area contributed by atoms with Crippen LogP contribution in [0.2, 0.25) is 0 Å². The Morgan fingerprint density at radius 2 is 1.59 bits per heavy atom. The fraction of sp³-hybridized carbons (Fsp3) is 0.615. The zero-order chi connectivity index (χ0) is 17.9. The molecule has 0 radical (unpaired) electrons. The van der Waals surface area contributed by atoms with E-state index in [0.717, 1.165) is 0 Å². The van der Waals surface area contributed by atoms with Gasteiger partial charge in [0.2, 0.25) is 0 Å². The van der Waals surface area contributed by atoms with Crippen LogP contribution in [0.5, 0.6) is 0 Å². The van der Waals surface area contributed by atoms with Gasteiger partial charge in [-0.1, -0.05) is 69.8 Å². The van der Waals surface area contributed by atoms with E-state index in [9.17, 15) is 4.79 Å². The van der Waals surface area contributed by atoms with Crippen molar-refractivity contribution >= 4 is 75.0 Å². The Morgan fingerprint density at radius 1 is 1.14 bits per heavy atom. The van der Waals surface area contributed by atoms with Crippen LogP contribution in [0, 0.1) is 0 Å². The molecule has 0 unspecified atom stereocenters. The number of aliphatic hydroxyl groups excluding tert-OH is 1. The summed E-state index contributed by atoms with van der Waals surface area (Å²) in [7, 11) is 0. The second kappa shape index (κ2) is 14.1. The molecule has 0 fully saturated rings. The van der Waals surface area contributed by atoms with Gasteiger partial charge in [-0.05, 0) is 27.7 Å². The molecule has 9 heteroatoms. The van der Waals surface area contributed by atoms with Gasteiger partial charge in [0.25, 0.3) is 5.24 Å². The topological polar surface area (TPSA) is 40.5 Å². The predicted molar refractivity (Wildman–Crippen MR) is 101 cm³/mol. The van der Waals surface area contributed by atoms with Crippen molar-refractivity contribution in [1.82, 2.24) is 4.90 Å². The van der Waals surface area contributed by atoms with Crippen molar-refractivity contribution in [1.29, 1.82) is 0 Å². The summed E-state index contributed by atoms with van der Waals surface area (Å²) in [6.07, 6.45) is 0. The molecule has 0 aliphatic carbocycles. The van der Waals surface area contributed by atoms with Crippen LogP contribution in [0.4, 0.5) is 4.79 Å². The van der Waals surface area contributed by atoms with Crippen molar-refractivity contribution in [3.63, 3.8) is 0 Å². The number of carbonyl (C=O) groups is 1. The van der Waals surface area contributed by atoms with Crippen molar-refractivity contribution < 1.29 is 9.90 Å². The number of hydrogen-bond donors (Lipinski definition) is 1. The molecule has 0 saturated carbocycles. The summed E-state index contributed by atoms with van der Waals surface area (Å²) in [6, 6.07) is 0.396. The summed E-state index contributed by atoms with van der Waals surface area (Å²) in [5.41, 5.74) is 1.29. The monoisotopic (exact) mass is 429 g/mol. The van der Waals surface area contributed by atoms with Crippen LogP contribution in [-0.2, 0) is 0 Å². The summed E-state index contributed by atoms with van der Waals surface area (Å²) in [4.78, 5) is 13.6. The highest BCUT2D eigenvalue weighted by atomic mass is 35.5. The zero-order valence-corrected chi connectivity index (χ0v) is 17.3. The highest BCUT2D eigenvalue weighted by Gasteiger charge is 2.20. The van der Waals surface area contributed by atoms with Crippen LogP contribution >= 0.6 is 69.8 Å². The number of carbonyl (C=O) groups excluding carboxylic acids is 1. The quantitative estimate of drug-likeness (QED) is 0.568. The van der Waals surface area contributed by atoms with Gasteiger partial charge < -0.3 is 10.0 Å². The Balaban J connectivity index is 0. The van der Waals surface area contributed by atoms with Gasteiger partial charge in [-0.3, -0.25) is 4.79 Å². The number of nitrogens with zero attached hydrogens (tertiary/aromatic N) is 1. The summed E-state index contributed by atoms with van der Waals surface area (Å²) in [5.74, 6) is 0.430. The first-order valence-corrected chi connectivity index (χ1v) is 9.22. The number of hydrogen-bond acceptors (Lipinski definition) is 3. The van der Waals surface area contributed by atoms with Crippen LogP contribution in [0.3, 0.4) is 0 Å². The Bertz CT molecular complexity index is 388. The number of amides is 1. The maximum Gasteiger partial charge on any atom is 0.282 e. The number of aliphatic hydroxyl groups is 1. The van der Waals surface area contributed by atoms with E-state index in [1.807, 2.05) is 32.6 Å². The molecule has 0 rings (SSSR count). The van der Waals surface area contributed by atoms with Crippen molar-refractivity contribution in [3.8, 4) is 0 Å². The maximum atomic E-state index is 11.8. The highest BCUT2D eigenvalue weighted by Crippen LogP contribution is 2.19. The van der Waals surface area contributed by atoms with Crippen LogP contribution in [0.15, 0.2) is 20.1 Å². The number of thioether (sulfide) groups is 1. The Morgan fingerprint density at radius 3 is 1.82 bits per heavy atom. The van der Waals surface area contributed by atoms with E-state index in [4.69, 9.17) is 63.1 Å². The molecule has 0 saturated heterocycles. The lowest BCUT2D eigenvalue weighted by atomic mass is 10.2. The van der Waals surface area contributed by atoms with Crippen LogP contribution in [0.1, 0.15) is 27.7 Å². The molecule has 0 aromatic carbocycles. The van der Waals surface area contributed by atoms with Gasteiger partial charge in [0.15, 0.2) is 0 Å². The lowest BCUT2D eigenvalue weighted by Crippen LogP contribution is -2.39. The molecule has 3 nitrogen and oxygen atoms in total. The summed E-state index contributed by atoms with van der Waals surface area (Å²) in [6.45, 7) is 7.69. The molecule has 130 valence electrons. The first-order chi connectivity index (χ1) is 10.1. The molecule has 0 atom stereocenters. The second-order valence-electron chi connectivity index (χ2n) is 4.53. The maximum absolute atomic E-state index is 11.8. The first-order valence-electron chi connectivity index (χ1n) is 6.28. The third kappa shape index (κ3) is 12.2. The zero-order valence-electron chi connectivity index (χ0n) is 12.7. The van der Waals surface area contributed by atoms with Gasteiger partial charge in [0, 0.05) is 28.4 Å². The van der Waals surface area contributed by atoms with Gasteiger partial charge in [-0.2, -0.15) is 0 Å². The Kier molecular flexibility index (Phi) is 16.0. The molecular weight excluding hydrogens is 411 g/mol. The van der Waals surface area contributed by atoms with Crippen molar-refractivity contribution in [3.05, 3.63) is 20.1 Å². The van der Waals surface area contributed by atoms with E-state index in [1.54, 1.807) is 0 Å².